The number of aromatic nitrogens is 2. The lowest BCUT2D eigenvalue weighted by Gasteiger charge is -2.07. The molecule has 0 saturated carbocycles. The normalized spacial score (nSPS) is 12.6. The molecule has 2 rings (SSSR count). The van der Waals surface area contributed by atoms with Crippen molar-refractivity contribution in [3.63, 3.8) is 0 Å². The summed E-state index contributed by atoms with van der Waals surface area (Å²) in [5.74, 6) is -0.902. The molecule has 17 heavy (non-hydrogen) atoms. The molecule has 0 aliphatic rings. The number of halogens is 1. The van der Waals surface area contributed by atoms with Gasteiger partial charge in [-0.3, -0.25) is 4.79 Å². The summed E-state index contributed by atoms with van der Waals surface area (Å²) in [5, 5.41) is 8.91. The number of carbonyl (C=O) groups is 1. The molecule has 0 aliphatic carbocycles. The lowest BCUT2D eigenvalue weighted by atomic mass is 10.3. The van der Waals surface area contributed by atoms with Crippen molar-refractivity contribution < 1.29 is 9.90 Å². The van der Waals surface area contributed by atoms with E-state index in [2.05, 4.69) is 9.97 Å². The molecular formula is C11H9ClN2O2S. The van der Waals surface area contributed by atoms with Gasteiger partial charge in [-0.2, -0.15) is 0 Å². The summed E-state index contributed by atoms with van der Waals surface area (Å²) in [4.78, 5) is 19.2. The van der Waals surface area contributed by atoms with Crippen molar-refractivity contribution in [2.75, 3.05) is 0 Å². The molecule has 88 valence electrons. The largest absolute Gasteiger partial charge is 0.480 e. The van der Waals surface area contributed by atoms with Crippen molar-refractivity contribution in [3.8, 4) is 0 Å². The highest BCUT2D eigenvalue weighted by molar-refractivity contribution is 8.00. The second kappa shape index (κ2) is 4.89. The van der Waals surface area contributed by atoms with Crippen molar-refractivity contribution in [1.82, 2.24) is 9.97 Å². The van der Waals surface area contributed by atoms with E-state index in [0.717, 1.165) is 11.8 Å². The lowest BCUT2D eigenvalue weighted by molar-refractivity contribution is -0.136. The molecule has 4 nitrogen and oxygen atoms in total. The van der Waals surface area contributed by atoms with Gasteiger partial charge in [-0.25, -0.2) is 9.97 Å². The van der Waals surface area contributed by atoms with E-state index in [0.29, 0.717) is 16.1 Å². The molecule has 0 spiro atoms. The van der Waals surface area contributed by atoms with Gasteiger partial charge in [0, 0.05) is 0 Å². The number of thioether (sulfide) groups is 1. The summed E-state index contributed by atoms with van der Waals surface area (Å²) in [6.07, 6.45) is 0. The number of benzene rings is 1. The zero-order chi connectivity index (χ0) is 12.4. The summed E-state index contributed by atoms with van der Waals surface area (Å²) in [6.45, 7) is 1.58. The monoisotopic (exact) mass is 268 g/mol. The van der Waals surface area contributed by atoms with Crippen LogP contribution in [0.15, 0.2) is 29.3 Å². The molecule has 1 heterocycles. The predicted octanol–water partition coefficient (Wildman–Crippen LogP) is 2.85. The minimum absolute atomic E-state index is 0.238. The van der Waals surface area contributed by atoms with Gasteiger partial charge in [0.05, 0.1) is 11.0 Å². The van der Waals surface area contributed by atoms with E-state index in [1.54, 1.807) is 6.92 Å². The Morgan fingerprint density at radius 3 is 2.53 bits per heavy atom. The van der Waals surface area contributed by atoms with Crippen molar-refractivity contribution in [2.24, 2.45) is 0 Å². The first-order chi connectivity index (χ1) is 8.08. The summed E-state index contributed by atoms with van der Waals surface area (Å²) in [5.41, 5.74) is 1.40. The fourth-order valence-corrected chi connectivity index (χ4v) is 2.25. The summed E-state index contributed by atoms with van der Waals surface area (Å²) < 4.78 is 0. The molecule has 6 heteroatoms. The van der Waals surface area contributed by atoms with Crippen LogP contribution in [-0.2, 0) is 4.79 Å². The molecule has 1 N–H and O–H groups in total. The van der Waals surface area contributed by atoms with Gasteiger partial charge in [0.1, 0.15) is 10.3 Å². The van der Waals surface area contributed by atoms with E-state index in [4.69, 9.17) is 16.7 Å². The number of rotatable bonds is 3. The van der Waals surface area contributed by atoms with Gasteiger partial charge in [0.15, 0.2) is 5.15 Å². The first kappa shape index (κ1) is 12.1. The van der Waals surface area contributed by atoms with Crippen LogP contribution in [0.3, 0.4) is 0 Å². The summed E-state index contributed by atoms with van der Waals surface area (Å²) in [6, 6.07) is 7.32. The summed E-state index contributed by atoms with van der Waals surface area (Å²) in [7, 11) is 0. The zero-order valence-corrected chi connectivity index (χ0v) is 10.5. The van der Waals surface area contributed by atoms with Gasteiger partial charge < -0.3 is 5.11 Å². The van der Waals surface area contributed by atoms with Gasteiger partial charge >= 0.3 is 5.97 Å². The Bertz CT molecular complexity index is 576. The maximum absolute atomic E-state index is 10.8. The van der Waals surface area contributed by atoms with Crippen LogP contribution in [-0.4, -0.2) is 26.3 Å². The second-order valence-corrected chi connectivity index (χ2v) is 5.09. The molecule has 0 fully saturated rings. The number of para-hydroxylation sites is 2. The Morgan fingerprint density at radius 2 is 1.94 bits per heavy atom. The van der Waals surface area contributed by atoms with Crippen LogP contribution in [0.1, 0.15) is 6.92 Å². The van der Waals surface area contributed by atoms with Crippen LogP contribution >= 0.6 is 23.4 Å². The van der Waals surface area contributed by atoms with Crippen molar-refractivity contribution in [1.29, 1.82) is 0 Å². The Balaban J connectivity index is 2.40. The maximum Gasteiger partial charge on any atom is 0.316 e. The van der Waals surface area contributed by atoms with Crippen LogP contribution in [0.4, 0.5) is 0 Å². The second-order valence-electron chi connectivity index (χ2n) is 3.41. The van der Waals surface area contributed by atoms with Crippen LogP contribution in [0.2, 0.25) is 5.15 Å². The number of aliphatic carboxylic acids is 1. The standard InChI is InChI=1S/C11H9ClN2O2S/c1-6(11(15)16)17-10-9(12)13-7-4-2-3-5-8(7)14-10/h2-6H,1H3,(H,15,16)/t6-/m0/s1. The lowest BCUT2D eigenvalue weighted by Crippen LogP contribution is -2.11. The van der Waals surface area contributed by atoms with Crippen LogP contribution in [0.25, 0.3) is 11.0 Å². The average molecular weight is 269 g/mol. The SMILES string of the molecule is C[C@H](Sc1nc2ccccc2nc1Cl)C(=O)O. The van der Waals surface area contributed by atoms with Crippen LogP contribution < -0.4 is 0 Å². The van der Waals surface area contributed by atoms with Crippen molar-refractivity contribution in [3.05, 3.63) is 29.4 Å². The highest BCUT2D eigenvalue weighted by Gasteiger charge is 2.16. The van der Waals surface area contributed by atoms with Gasteiger partial charge in [-0.05, 0) is 19.1 Å². The minimum Gasteiger partial charge on any atom is -0.480 e. The van der Waals surface area contributed by atoms with Gasteiger partial charge in [0.25, 0.3) is 0 Å². The quantitative estimate of drug-likeness (QED) is 0.867. The molecular weight excluding hydrogens is 260 g/mol. The topological polar surface area (TPSA) is 63.1 Å². The first-order valence-electron chi connectivity index (χ1n) is 4.89. The predicted molar refractivity (Wildman–Crippen MR) is 67.5 cm³/mol. The molecule has 1 aromatic carbocycles. The highest BCUT2D eigenvalue weighted by Crippen LogP contribution is 2.29. The van der Waals surface area contributed by atoms with E-state index >= 15 is 0 Å². The zero-order valence-electron chi connectivity index (χ0n) is 8.92. The van der Waals surface area contributed by atoms with Gasteiger partial charge in [-0.15, -0.1) is 0 Å². The highest BCUT2D eigenvalue weighted by atomic mass is 35.5. The molecule has 1 atom stereocenters. The molecule has 0 aliphatic heterocycles. The molecule has 0 saturated heterocycles. The third kappa shape index (κ3) is 2.68. The van der Waals surface area contributed by atoms with E-state index in [1.165, 1.54) is 0 Å². The number of carboxylic acid groups (broad SMARTS) is 1. The Morgan fingerprint density at radius 1 is 1.35 bits per heavy atom. The van der Waals surface area contributed by atoms with Gasteiger partial charge in [-0.1, -0.05) is 35.5 Å². The number of nitrogens with zero attached hydrogens (tertiary/aromatic N) is 2. The van der Waals surface area contributed by atoms with Crippen molar-refractivity contribution >= 4 is 40.4 Å². The molecule has 0 bridgehead atoms. The molecule has 2 aromatic rings. The Kier molecular flexibility index (Phi) is 3.49. The molecule has 1 aromatic heterocycles. The van der Waals surface area contributed by atoms with E-state index in [1.807, 2.05) is 24.3 Å². The average Bonchev–Trinajstić information content (AvgIpc) is 2.29. The minimum atomic E-state index is -0.902. The van der Waals surface area contributed by atoms with Crippen molar-refractivity contribution in [2.45, 2.75) is 17.2 Å². The summed E-state index contributed by atoms with van der Waals surface area (Å²) >= 11 is 7.05. The van der Waals surface area contributed by atoms with E-state index in [-0.39, 0.29) is 5.15 Å². The molecule has 0 amide bonds. The fraction of sp³-hybridized carbons (Fsp3) is 0.182. The molecule has 0 unspecified atom stereocenters. The van der Waals surface area contributed by atoms with E-state index < -0.39 is 11.2 Å². The fourth-order valence-electron chi connectivity index (χ4n) is 1.26. The van der Waals surface area contributed by atoms with Crippen LogP contribution in [0, 0.1) is 0 Å². The molecule has 0 radical (unpaired) electrons. The van der Waals surface area contributed by atoms with Gasteiger partial charge in [0.2, 0.25) is 0 Å². The van der Waals surface area contributed by atoms with E-state index in [9.17, 15) is 4.79 Å². The third-order valence-corrected chi connectivity index (χ3v) is 3.57. The number of hydrogen-bond acceptors (Lipinski definition) is 4. The number of carboxylic acids is 1. The number of fused-ring (bicyclic) bond motifs is 1. The van der Waals surface area contributed by atoms with Crippen LogP contribution in [0.5, 0.6) is 0 Å². The number of hydrogen-bond donors (Lipinski definition) is 1. The smallest absolute Gasteiger partial charge is 0.316 e. The Hall–Kier alpha value is -1.33. The Labute approximate surface area is 107 Å². The first-order valence-corrected chi connectivity index (χ1v) is 6.15. The third-order valence-electron chi connectivity index (χ3n) is 2.13. The maximum atomic E-state index is 10.8.